The van der Waals surface area contributed by atoms with Crippen LogP contribution in [-0.2, 0) is 24.5 Å². The van der Waals surface area contributed by atoms with Gasteiger partial charge in [-0.05, 0) is 102 Å². The minimum absolute atomic E-state index is 0.0478. The monoisotopic (exact) mass is 584 g/mol. The minimum atomic E-state index is -2.03. The van der Waals surface area contributed by atoms with Gasteiger partial charge in [0.15, 0.2) is 11.6 Å². The number of allylic oxidation sites excluding steroid dienone is 5. The van der Waals surface area contributed by atoms with Crippen molar-refractivity contribution in [3.63, 3.8) is 0 Å². The SMILES string of the molecule is CC(C)=CC[C@H]1C[C@@]2(CC=C(C)C)C(=O)O[C@](CC=C(C)C)(C2=O)C(=O)[C@]23C(=O)c4ccccc4C(C)(C)[C@H]2CC[C@]13C. The van der Waals surface area contributed by atoms with Crippen LogP contribution in [-0.4, -0.2) is 28.9 Å². The first-order valence-corrected chi connectivity index (χ1v) is 15.9. The van der Waals surface area contributed by atoms with Crippen molar-refractivity contribution < 1.29 is 23.9 Å². The standard InChI is InChI=1S/C38H48O5/c1-23(2)14-15-26-22-36(20-16-24(3)4)31(40)37(43-33(36)42,21-17-25(5)6)32(41)38-29(18-19-35(26,38)9)34(7,8)28-13-11-10-12-27(28)30(38)39/h10-14,16-17,26,29H,15,18-22H2,1-9H3/t26-,29+,35+,36+,37+,38+/m0/s1. The van der Waals surface area contributed by atoms with Gasteiger partial charge in [-0.2, -0.15) is 0 Å². The average molecular weight is 585 g/mol. The van der Waals surface area contributed by atoms with Crippen LogP contribution in [0, 0.1) is 28.1 Å². The summed E-state index contributed by atoms with van der Waals surface area (Å²) >= 11 is 0. The van der Waals surface area contributed by atoms with Gasteiger partial charge in [0, 0.05) is 12.0 Å². The molecule has 0 aromatic heterocycles. The highest BCUT2D eigenvalue weighted by atomic mass is 16.6. The molecule has 2 saturated carbocycles. The van der Waals surface area contributed by atoms with Crippen LogP contribution in [0.15, 0.2) is 59.2 Å². The number of rotatable bonds is 6. The van der Waals surface area contributed by atoms with E-state index >= 15 is 14.4 Å². The van der Waals surface area contributed by atoms with Gasteiger partial charge in [0.1, 0.15) is 10.8 Å². The van der Waals surface area contributed by atoms with Crippen molar-refractivity contribution in [3.05, 3.63) is 70.3 Å². The van der Waals surface area contributed by atoms with Crippen molar-refractivity contribution in [2.45, 2.75) is 112 Å². The van der Waals surface area contributed by atoms with E-state index < -0.39 is 44.8 Å². The maximum atomic E-state index is 15.8. The average Bonchev–Trinajstić information content (AvgIpc) is 3.38. The second-order valence-electron chi connectivity index (χ2n) is 15.3. The molecule has 2 bridgehead atoms. The van der Waals surface area contributed by atoms with Crippen LogP contribution < -0.4 is 0 Å². The molecule has 0 unspecified atom stereocenters. The number of ether oxygens (including phenoxy) is 1. The summed E-state index contributed by atoms with van der Waals surface area (Å²) in [5, 5.41) is 0. The van der Waals surface area contributed by atoms with Crippen LogP contribution in [0.3, 0.4) is 0 Å². The predicted molar refractivity (Wildman–Crippen MR) is 169 cm³/mol. The van der Waals surface area contributed by atoms with E-state index in [1.54, 1.807) is 0 Å². The zero-order valence-corrected chi connectivity index (χ0v) is 27.5. The van der Waals surface area contributed by atoms with Crippen LogP contribution in [0.5, 0.6) is 0 Å². The largest absolute Gasteiger partial charge is 0.442 e. The highest BCUT2D eigenvalue weighted by Gasteiger charge is 2.81. The zero-order chi connectivity index (χ0) is 31.8. The van der Waals surface area contributed by atoms with Gasteiger partial charge in [0.2, 0.25) is 11.4 Å². The minimum Gasteiger partial charge on any atom is -0.442 e. The summed E-state index contributed by atoms with van der Waals surface area (Å²) in [7, 11) is 0. The molecule has 6 atom stereocenters. The third-order valence-electron chi connectivity index (χ3n) is 11.6. The van der Waals surface area contributed by atoms with Crippen LogP contribution >= 0.6 is 0 Å². The number of Topliss-reactive ketones (excluding diaryl/α,β-unsaturated/α-hetero) is 3. The number of carbonyl (C=O) groups excluding carboxylic acids is 4. The van der Waals surface area contributed by atoms with E-state index in [9.17, 15) is 4.79 Å². The van der Waals surface area contributed by atoms with Gasteiger partial charge in [-0.15, -0.1) is 0 Å². The van der Waals surface area contributed by atoms with E-state index in [0.29, 0.717) is 24.8 Å². The Morgan fingerprint density at radius 1 is 0.837 bits per heavy atom. The molecule has 5 rings (SSSR count). The fraction of sp³-hybridized carbons (Fsp3) is 0.579. The molecule has 3 aliphatic carbocycles. The van der Waals surface area contributed by atoms with Gasteiger partial charge in [0.25, 0.3) is 0 Å². The lowest BCUT2D eigenvalue weighted by Gasteiger charge is -2.57. The lowest BCUT2D eigenvalue weighted by atomic mass is 9.41. The molecule has 3 fully saturated rings. The number of carbonyl (C=O) groups is 4. The molecule has 0 radical (unpaired) electrons. The molecule has 1 aliphatic heterocycles. The molecule has 1 spiro atoms. The first-order chi connectivity index (χ1) is 20.0. The molecule has 0 N–H and O–H groups in total. The summed E-state index contributed by atoms with van der Waals surface area (Å²) in [4.78, 5) is 60.3. The van der Waals surface area contributed by atoms with Crippen molar-refractivity contribution in [1.82, 2.24) is 0 Å². The van der Waals surface area contributed by atoms with Crippen molar-refractivity contribution >= 4 is 23.3 Å². The van der Waals surface area contributed by atoms with Crippen LogP contribution in [0.1, 0.15) is 117 Å². The Bertz CT molecular complexity index is 1490. The Kier molecular flexibility index (Phi) is 7.47. The van der Waals surface area contributed by atoms with E-state index in [1.807, 2.05) is 78.0 Å². The molecule has 0 amide bonds. The summed E-state index contributed by atoms with van der Waals surface area (Å²) in [5.41, 5.74) is -1.79. The van der Waals surface area contributed by atoms with Crippen LogP contribution in [0.4, 0.5) is 0 Å². The van der Waals surface area contributed by atoms with Gasteiger partial charge in [-0.3, -0.25) is 19.2 Å². The molecular formula is C38H48O5. The van der Waals surface area contributed by atoms with E-state index in [-0.39, 0.29) is 36.9 Å². The molecule has 1 aromatic carbocycles. The Hall–Kier alpha value is -3.08. The second kappa shape index (κ2) is 10.2. The first kappa shape index (κ1) is 31.3. The number of hydrogen-bond donors (Lipinski definition) is 0. The Morgan fingerprint density at radius 3 is 2.07 bits per heavy atom. The number of esters is 1. The quantitative estimate of drug-likeness (QED) is 0.192. The van der Waals surface area contributed by atoms with Crippen LogP contribution in [0.2, 0.25) is 0 Å². The number of fused-ring (bicyclic) bond motifs is 3. The first-order valence-electron chi connectivity index (χ1n) is 15.9. The van der Waals surface area contributed by atoms with E-state index in [0.717, 1.165) is 22.3 Å². The van der Waals surface area contributed by atoms with Gasteiger partial charge in [-0.1, -0.05) is 80.0 Å². The smallest absolute Gasteiger partial charge is 0.321 e. The van der Waals surface area contributed by atoms with Crippen molar-refractivity contribution in [2.75, 3.05) is 0 Å². The fourth-order valence-corrected chi connectivity index (χ4v) is 9.27. The summed E-state index contributed by atoms with van der Waals surface area (Å²) in [6, 6.07) is 7.65. The van der Waals surface area contributed by atoms with E-state index in [2.05, 4.69) is 26.8 Å². The summed E-state index contributed by atoms with van der Waals surface area (Å²) < 4.78 is 6.24. The van der Waals surface area contributed by atoms with Gasteiger partial charge in [-0.25, -0.2) is 0 Å². The Morgan fingerprint density at radius 2 is 1.44 bits per heavy atom. The number of ketones is 3. The highest BCUT2D eigenvalue weighted by molar-refractivity contribution is 6.31. The van der Waals surface area contributed by atoms with Gasteiger partial charge < -0.3 is 4.74 Å². The third-order valence-corrected chi connectivity index (χ3v) is 11.6. The highest BCUT2D eigenvalue weighted by Crippen LogP contribution is 2.73. The lowest BCUT2D eigenvalue weighted by molar-refractivity contribution is -0.170. The van der Waals surface area contributed by atoms with E-state index in [4.69, 9.17) is 4.74 Å². The summed E-state index contributed by atoms with van der Waals surface area (Å²) in [5.74, 6) is -2.37. The van der Waals surface area contributed by atoms with Crippen molar-refractivity contribution in [2.24, 2.45) is 28.1 Å². The number of hydrogen-bond acceptors (Lipinski definition) is 5. The molecule has 230 valence electrons. The summed E-state index contributed by atoms with van der Waals surface area (Å²) in [6.45, 7) is 18.2. The Labute approximate surface area is 257 Å². The fourth-order valence-electron chi connectivity index (χ4n) is 9.27. The predicted octanol–water partition coefficient (Wildman–Crippen LogP) is 8.07. The van der Waals surface area contributed by atoms with Crippen LogP contribution in [0.25, 0.3) is 0 Å². The summed E-state index contributed by atoms with van der Waals surface area (Å²) in [6.07, 6.45) is 8.22. The maximum Gasteiger partial charge on any atom is 0.321 e. The lowest BCUT2D eigenvalue weighted by Crippen LogP contribution is -2.69. The van der Waals surface area contributed by atoms with Gasteiger partial charge in [0.05, 0.1) is 0 Å². The molecule has 43 heavy (non-hydrogen) atoms. The third kappa shape index (κ3) is 4.09. The second-order valence-corrected chi connectivity index (χ2v) is 15.3. The van der Waals surface area contributed by atoms with E-state index in [1.165, 1.54) is 0 Å². The normalized spacial score (nSPS) is 35.6. The zero-order valence-electron chi connectivity index (χ0n) is 27.5. The molecule has 4 aliphatic rings. The molecular weight excluding hydrogens is 536 g/mol. The molecule has 1 aromatic rings. The van der Waals surface area contributed by atoms with Crippen molar-refractivity contribution in [1.29, 1.82) is 0 Å². The van der Waals surface area contributed by atoms with Crippen molar-refractivity contribution in [3.8, 4) is 0 Å². The molecule has 1 saturated heterocycles. The molecule has 5 heteroatoms. The molecule has 1 heterocycles. The molecule has 5 nitrogen and oxygen atoms in total. The van der Waals surface area contributed by atoms with Gasteiger partial charge >= 0.3 is 5.97 Å². The topological polar surface area (TPSA) is 77.5 Å². The number of benzene rings is 1. The Balaban J connectivity index is 1.89. The maximum absolute atomic E-state index is 15.8.